The molecule has 1 aliphatic heterocycles. The largest absolute Gasteiger partial charge is 0.368 e. The number of urea groups is 1. The van der Waals surface area contributed by atoms with Crippen LogP contribution in [0.25, 0.3) is 0 Å². The Kier molecular flexibility index (Phi) is 2.99. The number of nitrogens with two attached hydrogens (primary N) is 1. The van der Waals surface area contributed by atoms with Gasteiger partial charge >= 0.3 is 6.03 Å². The molecule has 0 aromatic heterocycles. The van der Waals surface area contributed by atoms with Crippen molar-refractivity contribution in [1.29, 1.82) is 0 Å². The van der Waals surface area contributed by atoms with Gasteiger partial charge in [0.25, 0.3) is 0 Å². The first kappa shape index (κ1) is 10.8. The summed E-state index contributed by atoms with van der Waals surface area (Å²) < 4.78 is 0. The number of primary amides is 1. The Bertz CT molecular complexity index is 384. The fourth-order valence-electron chi connectivity index (χ4n) is 2.09. The summed E-state index contributed by atoms with van der Waals surface area (Å²) in [5, 5.41) is 0. The van der Waals surface area contributed by atoms with Crippen LogP contribution in [-0.4, -0.2) is 37.1 Å². The van der Waals surface area contributed by atoms with E-state index in [1.165, 1.54) is 11.3 Å². The third-order valence-electron chi connectivity index (χ3n) is 3.05. The summed E-state index contributed by atoms with van der Waals surface area (Å²) >= 11 is 0. The lowest BCUT2D eigenvalue weighted by Gasteiger charge is -2.35. The molecule has 1 saturated heterocycles. The molecule has 4 nitrogen and oxygen atoms in total. The monoisotopic (exact) mass is 219 g/mol. The molecule has 1 aromatic carbocycles. The van der Waals surface area contributed by atoms with E-state index in [0.29, 0.717) is 13.1 Å². The van der Waals surface area contributed by atoms with Crippen molar-refractivity contribution >= 4 is 11.7 Å². The molecule has 2 rings (SSSR count). The minimum atomic E-state index is -0.315. The fraction of sp³-hybridized carbons (Fsp3) is 0.417. The molecular weight excluding hydrogens is 202 g/mol. The average Bonchev–Trinajstić information content (AvgIpc) is 2.30. The van der Waals surface area contributed by atoms with Crippen molar-refractivity contribution in [2.45, 2.75) is 6.92 Å². The Labute approximate surface area is 95.6 Å². The number of piperazine rings is 1. The summed E-state index contributed by atoms with van der Waals surface area (Å²) in [6.07, 6.45) is 0. The van der Waals surface area contributed by atoms with Crippen molar-refractivity contribution in [2.24, 2.45) is 5.73 Å². The maximum Gasteiger partial charge on any atom is 0.314 e. The first-order chi connectivity index (χ1) is 7.68. The van der Waals surface area contributed by atoms with Crippen LogP contribution in [0.15, 0.2) is 24.3 Å². The summed E-state index contributed by atoms with van der Waals surface area (Å²) in [5.74, 6) is 0. The van der Waals surface area contributed by atoms with E-state index in [0.717, 1.165) is 13.1 Å². The molecule has 2 amide bonds. The molecular formula is C12H17N3O. The minimum Gasteiger partial charge on any atom is -0.368 e. The topological polar surface area (TPSA) is 49.6 Å². The van der Waals surface area contributed by atoms with Gasteiger partial charge in [0.15, 0.2) is 0 Å². The zero-order valence-electron chi connectivity index (χ0n) is 9.52. The van der Waals surface area contributed by atoms with Gasteiger partial charge in [-0.1, -0.05) is 18.2 Å². The average molecular weight is 219 g/mol. The van der Waals surface area contributed by atoms with E-state index < -0.39 is 0 Å². The molecule has 0 atom stereocenters. The second kappa shape index (κ2) is 4.43. The van der Waals surface area contributed by atoms with E-state index in [9.17, 15) is 4.79 Å². The molecule has 0 bridgehead atoms. The number of para-hydroxylation sites is 1. The van der Waals surface area contributed by atoms with Gasteiger partial charge in [0.05, 0.1) is 0 Å². The Balaban J connectivity index is 2.05. The van der Waals surface area contributed by atoms with Gasteiger partial charge in [-0.05, 0) is 18.6 Å². The van der Waals surface area contributed by atoms with E-state index in [1.807, 2.05) is 12.1 Å². The van der Waals surface area contributed by atoms with Crippen LogP contribution in [-0.2, 0) is 0 Å². The number of hydrogen-bond acceptors (Lipinski definition) is 2. The minimum absolute atomic E-state index is 0.315. The van der Waals surface area contributed by atoms with Gasteiger partial charge in [0.1, 0.15) is 0 Å². The molecule has 1 aliphatic rings. The Hall–Kier alpha value is -1.71. The molecule has 4 heteroatoms. The van der Waals surface area contributed by atoms with E-state index >= 15 is 0 Å². The highest BCUT2D eigenvalue weighted by atomic mass is 16.2. The number of carbonyl (C=O) groups excluding carboxylic acids is 1. The molecule has 1 aromatic rings. The second-order valence-corrected chi connectivity index (χ2v) is 4.10. The highest BCUT2D eigenvalue weighted by Crippen LogP contribution is 2.20. The van der Waals surface area contributed by atoms with Gasteiger partial charge in [0.2, 0.25) is 0 Å². The number of amides is 2. The highest BCUT2D eigenvalue weighted by Gasteiger charge is 2.19. The van der Waals surface area contributed by atoms with Crippen molar-refractivity contribution < 1.29 is 4.79 Å². The molecule has 1 fully saturated rings. The highest BCUT2D eigenvalue weighted by molar-refractivity contribution is 5.72. The SMILES string of the molecule is Cc1ccccc1N1CCN(C(N)=O)CC1. The van der Waals surface area contributed by atoms with E-state index in [1.54, 1.807) is 4.90 Å². The van der Waals surface area contributed by atoms with Gasteiger partial charge in [-0.3, -0.25) is 0 Å². The van der Waals surface area contributed by atoms with Crippen molar-refractivity contribution in [3.63, 3.8) is 0 Å². The van der Waals surface area contributed by atoms with Crippen molar-refractivity contribution in [3.05, 3.63) is 29.8 Å². The number of benzene rings is 1. The zero-order valence-corrected chi connectivity index (χ0v) is 9.52. The summed E-state index contributed by atoms with van der Waals surface area (Å²) in [6.45, 7) is 5.24. The number of aryl methyl sites for hydroxylation is 1. The van der Waals surface area contributed by atoms with Crippen molar-refractivity contribution in [1.82, 2.24) is 4.90 Å². The number of carbonyl (C=O) groups is 1. The van der Waals surface area contributed by atoms with Gasteiger partial charge in [-0.25, -0.2) is 4.79 Å². The smallest absolute Gasteiger partial charge is 0.314 e. The maximum atomic E-state index is 11.0. The normalized spacial score (nSPS) is 16.3. The quantitative estimate of drug-likeness (QED) is 0.771. The molecule has 86 valence electrons. The maximum absolute atomic E-state index is 11.0. The Morgan fingerprint density at radius 2 is 1.81 bits per heavy atom. The molecule has 0 aliphatic carbocycles. The van der Waals surface area contributed by atoms with Gasteiger partial charge in [0, 0.05) is 31.9 Å². The van der Waals surface area contributed by atoms with Crippen LogP contribution < -0.4 is 10.6 Å². The second-order valence-electron chi connectivity index (χ2n) is 4.10. The van der Waals surface area contributed by atoms with Crippen LogP contribution in [0.2, 0.25) is 0 Å². The van der Waals surface area contributed by atoms with Crippen LogP contribution >= 0.6 is 0 Å². The lowest BCUT2D eigenvalue weighted by Crippen LogP contribution is -2.50. The van der Waals surface area contributed by atoms with E-state index in [2.05, 4.69) is 24.0 Å². The number of nitrogens with zero attached hydrogens (tertiary/aromatic N) is 2. The van der Waals surface area contributed by atoms with Crippen LogP contribution in [0.1, 0.15) is 5.56 Å². The molecule has 16 heavy (non-hydrogen) atoms. The van der Waals surface area contributed by atoms with Crippen LogP contribution in [0.4, 0.5) is 10.5 Å². The fourth-order valence-corrected chi connectivity index (χ4v) is 2.09. The van der Waals surface area contributed by atoms with E-state index in [-0.39, 0.29) is 6.03 Å². The predicted octanol–water partition coefficient (Wildman–Crippen LogP) is 1.20. The standard InChI is InChI=1S/C12H17N3O/c1-10-4-2-3-5-11(10)14-6-8-15(9-7-14)12(13)16/h2-5H,6-9H2,1H3,(H2,13,16). The lowest BCUT2D eigenvalue weighted by molar-refractivity contribution is 0.204. The summed E-state index contributed by atoms with van der Waals surface area (Å²) in [7, 11) is 0. The van der Waals surface area contributed by atoms with Gasteiger partial charge in [-0.15, -0.1) is 0 Å². The number of rotatable bonds is 1. The lowest BCUT2D eigenvalue weighted by atomic mass is 10.1. The van der Waals surface area contributed by atoms with Gasteiger partial charge < -0.3 is 15.5 Å². The van der Waals surface area contributed by atoms with Crippen molar-refractivity contribution in [3.8, 4) is 0 Å². The molecule has 2 N–H and O–H groups in total. The van der Waals surface area contributed by atoms with Crippen molar-refractivity contribution in [2.75, 3.05) is 31.1 Å². The molecule has 1 heterocycles. The Morgan fingerprint density at radius 1 is 1.19 bits per heavy atom. The van der Waals surface area contributed by atoms with E-state index in [4.69, 9.17) is 5.73 Å². The number of hydrogen-bond donors (Lipinski definition) is 1. The van der Waals surface area contributed by atoms with Crippen LogP contribution in [0.5, 0.6) is 0 Å². The first-order valence-electron chi connectivity index (χ1n) is 5.53. The summed E-state index contributed by atoms with van der Waals surface area (Å²) in [6, 6.07) is 8.00. The number of anilines is 1. The summed E-state index contributed by atoms with van der Waals surface area (Å²) in [4.78, 5) is 15.0. The Morgan fingerprint density at radius 3 is 2.38 bits per heavy atom. The third kappa shape index (κ3) is 2.10. The first-order valence-corrected chi connectivity index (χ1v) is 5.53. The summed E-state index contributed by atoms with van der Waals surface area (Å²) in [5.41, 5.74) is 7.78. The zero-order chi connectivity index (χ0) is 11.5. The van der Waals surface area contributed by atoms with Crippen LogP contribution in [0, 0.1) is 6.92 Å². The molecule has 0 spiro atoms. The van der Waals surface area contributed by atoms with Gasteiger partial charge in [-0.2, -0.15) is 0 Å². The van der Waals surface area contributed by atoms with Crippen LogP contribution in [0.3, 0.4) is 0 Å². The molecule has 0 radical (unpaired) electrons. The molecule has 0 saturated carbocycles. The third-order valence-corrected chi connectivity index (χ3v) is 3.05. The predicted molar refractivity (Wildman–Crippen MR) is 64.5 cm³/mol. The molecule has 0 unspecified atom stereocenters.